The lowest BCUT2D eigenvalue weighted by Crippen LogP contribution is -2.56. The van der Waals surface area contributed by atoms with E-state index in [1.807, 2.05) is 6.92 Å². The maximum atomic E-state index is 12.2. The van der Waals surface area contributed by atoms with Gasteiger partial charge in [-0.15, -0.1) is 0 Å². The van der Waals surface area contributed by atoms with E-state index < -0.39 is 0 Å². The van der Waals surface area contributed by atoms with Crippen molar-refractivity contribution < 1.29 is 4.79 Å². The molecule has 0 aromatic heterocycles. The summed E-state index contributed by atoms with van der Waals surface area (Å²) in [4.78, 5) is 14.5. The summed E-state index contributed by atoms with van der Waals surface area (Å²) in [5, 5.41) is 6.60. The van der Waals surface area contributed by atoms with Crippen molar-refractivity contribution in [2.45, 2.75) is 65.1 Å². The molecule has 0 aliphatic carbocycles. The van der Waals surface area contributed by atoms with Crippen LogP contribution in [0.4, 0.5) is 0 Å². The second kappa shape index (κ2) is 6.71. The Labute approximate surface area is 118 Å². The Morgan fingerprint density at radius 3 is 2.63 bits per heavy atom. The third-order valence-corrected chi connectivity index (χ3v) is 4.31. The molecule has 1 fully saturated rings. The van der Waals surface area contributed by atoms with Crippen molar-refractivity contribution in [2.75, 3.05) is 20.1 Å². The normalized spacial score (nSPS) is 27.1. The van der Waals surface area contributed by atoms with E-state index in [-0.39, 0.29) is 17.5 Å². The van der Waals surface area contributed by atoms with E-state index in [4.69, 9.17) is 0 Å². The highest BCUT2D eigenvalue weighted by atomic mass is 16.2. The number of nitrogens with zero attached hydrogens (tertiary/aromatic N) is 1. The number of rotatable bonds is 5. The molecule has 1 aliphatic heterocycles. The highest BCUT2D eigenvalue weighted by molar-refractivity contribution is 5.82. The van der Waals surface area contributed by atoms with E-state index in [9.17, 15) is 4.79 Å². The molecule has 1 aliphatic rings. The van der Waals surface area contributed by atoms with Crippen LogP contribution >= 0.6 is 0 Å². The number of amides is 1. The molecule has 1 rings (SSSR count). The number of piperidine rings is 1. The van der Waals surface area contributed by atoms with Crippen molar-refractivity contribution in [1.29, 1.82) is 0 Å². The molecule has 112 valence electrons. The summed E-state index contributed by atoms with van der Waals surface area (Å²) in [5.41, 5.74) is -0.120. The second-order valence-corrected chi connectivity index (χ2v) is 6.75. The van der Waals surface area contributed by atoms with Gasteiger partial charge in [-0.05, 0) is 53.1 Å². The van der Waals surface area contributed by atoms with Crippen LogP contribution in [-0.2, 0) is 4.79 Å². The molecule has 19 heavy (non-hydrogen) atoms. The fourth-order valence-corrected chi connectivity index (χ4v) is 2.53. The lowest BCUT2D eigenvalue weighted by Gasteiger charge is -2.37. The summed E-state index contributed by atoms with van der Waals surface area (Å²) in [6.07, 6.45) is 2.06. The molecule has 2 N–H and O–H groups in total. The standard InChI is InChI=1S/C15H31N3O/c1-7-15(4,5)17-14(19)12(3)16-13-8-9-18(6)10-11(13)2/h11-13,16H,7-10H2,1-6H3,(H,17,19). The first-order chi connectivity index (χ1) is 8.75. The Balaban J connectivity index is 2.46. The van der Waals surface area contributed by atoms with Crippen LogP contribution in [0.2, 0.25) is 0 Å². The van der Waals surface area contributed by atoms with Crippen molar-refractivity contribution in [1.82, 2.24) is 15.5 Å². The van der Waals surface area contributed by atoms with Crippen LogP contribution in [0, 0.1) is 5.92 Å². The maximum Gasteiger partial charge on any atom is 0.237 e. The molecule has 1 amide bonds. The van der Waals surface area contributed by atoms with Gasteiger partial charge < -0.3 is 15.5 Å². The molecule has 0 spiro atoms. The van der Waals surface area contributed by atoms with E-state index in [0.29, 0.717) is 12.0 Å². The largest absolute Gasteiger partial charge is 0.350 e. The predicted molar refractivity (Wildman–Crippen MR) is 80.2 cm³/mol. The number of nitrogens with one attached hydrogen (secondary N) is 2. The Kier molecular flexibility index (Phi) is 5.81. The zero-order valence-electron chi connectivity index (χ0n) is 13.4. The monoisotopic (exact) mass is 269 g/mol. The van der Waals surface area contributed by atoms with Crippen molar-refractivity contribution in [3.05, 3.63) is 0 Å². The van der Waals surface area contributed by atoms with Gasteiger partial charge in [0.25, 0.3) is 0 Å². The van der Waals surface area contributed by atoms with Gasteiger partial charge >= 0.3 is 0 Å². The van der Waals surface area contributed by atoms with Gasteiger partial charge in [-0.2, -0.15) is 0 Å². The Hall–Kier alpha value is -0.610. The highest BCUT2D eigenvalue weighted by Gasteiger charge is 2.28. The number of hydrogen-bond acceptors (Lipinski definition) is 3. The molecule has 0 saturated carbocycles. The topological polar surface area (TPSA) is 44.4 Å². The molecule has 0 aromatic carbocycles. The second-order valence-electron chi connectivity index (χ2n) is 6.75. The third kappa shape index (κ3) is 5.11. The maximum absolute atomic E-state index is 12.2. The summed E-state index contributed by atoms with van der Waals surface area (Å²) in [7, 11) is 2.16. The molecule has 1 saturated heterocycles. The zero-order chi connectivity index (χ0) is 14.6. The molecular formula is C15H31N3O. The number of likely N-dealkylation sites (tertiary alicyclic amines) is 1. The first kappa shape index (κ1) is 16.4. The SMILES string of the molecule is CCC(C)(C)NC(=O)C(C)NC1CCN(C)CC1C. The highest BCUT2D eigenvalue weighted by Crippen LogP contribution is 2.16. The fourth-order valence-electron chi connectivity index (χ4n) is 2.53. The fraction of sp³-hybridized carbons (Fsp3) is 0.933. The summed E-state index contributed by atoms with van der Waals surface area (Å²) in [6, 6.07) is 0.323. The number of carbonyl (C=O) groups excluding carboxylic acids is 1. The van der Waals surface area contributed by atoms with Gasteiger partial charge in [0, 0.05) is 18.1 Å². The van der Waals surface area contributed by atoms with Crippen LogP contribution < -0.4 is 10.6 Å². The van der Waals surface area contributed by atoms with Crippen molar-refractivity contribution in [3.8, 4) is 0 Å². The van der Waals surface area contributed by atoms with Gasteiger partial charge in [-0.25, -0.2) is 0 Å². The molecule has 4 nitrogen and oxygen atoms in total. The van der Waals surface area contributed by atoms with Crippen molar-refractivity contribution >= 4 is 5.91 Å². The first-order valence-electron chi connectivity index (χ1n) is 7.52. The molecule has 1 heterocycles. The molecule has 0 radical (unpaired) electrons. The average molecular weight is 269 g/mol. The smallest absolute Gasteiger partial charge is 0.237 e. The minimum atomic E-state index is -0.123. The Morgan fingerprint density at radius 1 is 1.47 bits per heavy atom. The van der Waals surface area contributed by atoms with E-state index in [0.717, 1.165) is 25.9 Å². The third-order valence-electron chi connectivity index (χ3n) is 4.31. The summed E-state index contributed by atoms with van der Waals surface area (Å²) in [5.74, 6) is 0.700. The summed E-state index contributed by atoms with van der Waals surface area (Å²) >= 11 is 0. The van der Waals surface area contributed by atoms with Crippen molar-refractivity contribution in [2.24, 2.45) is 5.92 Å². The summed E-state index contributed by atoms with van der Waals surface area (Å²) in [6.45, 7) is 12.7. The lowest BCUT2D eigenvalue weighted by atomic mass is 9.93. The molecule has 0 bridgehead atoms. The van der Waals surface area contributed by atoms with Crippen LogP contribution in [-0.4, -0.2) is 48.6 Å². The Bertz CT molecular complexity index is 304. The summed E-state index contributed by atoms with van der Waals surface area (Å²) < 4.78 is 0. The molecule has 0 aromatic rings. The van der Waals surface area contributed by atoms with E-state index in [2.05, 4.69) is 50.3 Å². The molecule has 4 heteroatoms. The average Bonchev–Trinajstić information content (AvgIpc) is 2.32. The van der Waals surface area contributed by atoms with Gasteiger partial charge in [0.1, 0.15) is 0 Å². The van der Waals surface area contributed by atoms with E-state index in [1.165, 1.54) is 0 Å². The van der Waals surface area contributed by atoms with Crippen LogP contribution in [0.5, 0.6) is 0 Å². The van der Waals surface area contributed by atoms with E-state index >= 15 is 0 Å². The van der Waals surface area contributed by atoms with Gasteiger partial charge in [0.05, 0.1) is 6.04 Å². The first-order valence-corrected chi connectivity index (χ1v) is 7.52. The zero-order valence-corrected chi connectivity index (χ0v) is 13.4. The van der Waals surface area contributed by atoms with Crippen LogP contribution in [0.25, 0.3) is 0 Å². The lowest BCUT2D eigenvalue weighted by molar-refractivity contribution is -0.124. The van der Waals surface area contributed by atoms with Gasteiger partial charge in [0.15, 0.2) is 0 Å². The van der Waals surface area contributed by atoms with Gasteiger partial charge in [0.2, 0.25) is 5.91 Å². The molecular weight excluding hydrogens is 238 g/mol. The minimum absolute atomic E-state index is 0.109. The Morgan fingerprint density at radius 2 is 2.11 bits per heavy atom. The van der Waals surface area contributed by atoms with Crippen LogP contribution in [0.1, 0.15) is 47.5 Å². The molecule has 3 atom stereocenters. The van der Waals surface area contributed by atoms with Gasteiger partial charge in [-0.3, -0.25) is 4.79 Å². The predicted octanol–water partition coefficient (Wildman–Crippen LogP) is 1.61. The van der Waals surface area contributed by atoms with Crippen LogP contribution in [0.3, 0.4) is 0 Å². The van der Waals surface area contributed by atoms with Gasteiger partial charge in [-0.1, -0.05) is 13.8 Å². The van der Waals surface area contributed by atoms with Crippen molar-refractivity contribution in [3.63, 3.8) is 0 Å². The number of carbonyl (C=O) groups is 1. The quantitative estimate of drug-likeness (QED) is 0.797. The molecule has 3 unspecified atom stereocenters. The number of hydrogen-bond donors (Lipinski definition) is 2. The van der Waals surface area contributed by atoms with Crippen LogP contribution in [0.15, 0.2) is 0 Å². The minimum Gasteiger partial charge on any atom is -0.350 e. The van der Waals surface area contributed by atoms with E-state index in [1.54, 1.807) is 0 Å².